The normalized spacial score (nSPS) is 12.6. The first-order valence-electron chi connectivity index (χ1n) is 8.84. The average Bonchev–Trinajstić information content (AvgIpc) is 2.62. The fourth-order valence-corrected chi connectivity index (χ4v) is 3.89. The first-order chi connectivity index (χ1) is 12.2. The third-order valence-electron chi connectivity index (χ3n) is 4.04. The molecule has 0 spiro atoms. The van der Waals surface area contributed by atoms with E-state index in [9.17, 15) is 23.1 Å². The van der Waals surface area contributed by atoms with Crippen molar-refractivity contribution in [3.8, 4) is 0 Å². The van der Waals surface area contributed by atoms with E-state index in [0.717, 1.165) is 19.3 Å². The van der Waals surface area contributed by atoms with E-state index in [0.29, 0.717) is 13.0 Å². The van der Waals surface area contributed by atoms with E-state index >= 15 is 0 Å². The summed E-state index contributed by atoms with van der Waals surface area (Å²) in [5, 5.41) is 9.27. The maximum Gasteiger partial charge on any atom is 0.321 e. The fraction of sp³-hybridized carbons (Fsp3) is 0.556. The number of nitrogens with one attached hydrogen (secondary N) is 1. The molecule has 0 aliphatic heterocycles. The summed E-state index contributed by atoms with van der Waals surface area (Å²) in [7, 11) is -2.52. The van der Waals surface area contributed by atoms with Crippen LogP contribution in [0.2, 0.25) is 0 Å². The second kappa shape index (κ2) is 10.3. The standard InChI is InChI=1S/C18H28N2O5S/c1-4-6-11-15(18(22)23)19-26(24,25)16-12-9-8-10-14(16)17(21)20(3)13-7-5-2/h8-10,12,15,19H,4-7,11,13H2,1-3H3,(H,22,23)/t15-/m0/s1. The van der Waals surface area contributed by atoms with E-state index in [1.54, 1.807) is 13.1 Å². The van der Waals surface area contributed by atoms with Crippen LogP contribution in [0.15, 0.2) is 29.2 Å². The summed E-state index contributed by atoms with van der Waals surface area (Å²) < 4.78 is 27.7. The van der Waals surface area contributed by atoms with Gasteiger partial charge in [-0.1, -0.05) is 45.2 Å². The number of aliphatic carboxylic acids is 1. The summed E-state index contributed by atoms with van der Waals surface area (Å²) in [6.45, 7) is 4.42. The van der Waals surface area contributed by atoms with Gasteiger partial charge in [-0.25, -0.2) is 8.42 Å². The number of rotatable bonds is 11. The zero-order chi connectivity index (χ0) is 19.7. The molecule has 0 bridgehead atoms. The summed E-state index contributed by atoms with van der Waals surface area (Å²) in [6.07, 6.45) is 3.25. The number of carboxylic acids is 1. The van der Waals surface area contributed by atoms with E-state index < -0.39 is 27.9 Å². The van der Waals surface area contributed by atoms with Crippen LogP contribution in [0.1, 0.15) is 56.3 Å². The molecule has 26 heavy (non-hydrogen) atoms. The van der Waals surface area contributed by atoms with Crippen LogP contribution in [0.3, 0.4) is 0 Å². The van der Waals surface area contributed by atoms with Gasteiger partial charge in [-0.05, 0) is 25.0 Å². The summed E-state index contributed by atoms with van der Waals surface area (Å²) in [4.78, 5) is 25.3. The molecule has 1 atom stereocenters. The van der Waals surface area contributed by atoms with Crippen molar-refractivity contribution >= 4 is 21.9 Å². The summed E-state index contributed by atoms with van der Waals surface area (Å²) in [6, 6.07) is 4.65. The Labute approximate surface area is 155 Å². The number of hydrogen-bond acceptors (Lipinski definition) is 4. The lowest BCUT2D eigenvalue weighted by molar-refractivity contribution is -0.139. The summed E-state index contributed by atoms with van der Waals surface area (Å²) in [5.41, 5.74) is 0.0400. The van der Waals surface area contributed by atoms with Crippen LogP contribution in [-0.4, -0.2) is 49.9 Å². The van der Waals surface area contributed by atoms with Crippen LogP contribution < -0.4 is 4.72 Å². The van der Waals surface area contributed by atoms with Gasteiger partial charge in [0.1, 0.15) is 6.04 Å². The van der Waals surface area contributed by atoms with Gasteiger partial charge in [0.05, 0.1) is 10.5 Å². The van der Waals surface area contributed by atoms with Crippen molar-refractivity contribution in [1.29, 1.82) is 0 Å². The van der Waals surface area contributed by atoms with Crippen molar-refractivity contribution in [1.82, 2.24) is 9.62 Å². The number of sulfonamides is 1. The minimum atomic E-state index is -4.14. The smallest absolute Gasteiger partial charge is 0.321 e. The Hall–Kier alpha value is -1.93. The molecule has 1 aromatic rings. The van der Waals surface area contributed by atoms with Crippen LogP contribution >= 0.6 is 0 Å². The Balaban J connectivity index is 3.13. The number of amides is 1. The van der Waals surface area contributed by atoms with E-state index in [4.69, 9.17) is 0 Å². The average molecular weight is 384 g/mol. The third-order valence-corrected chi connectivity index (χ3v) is 5.57. The molecule has 0 heterocycles. The number of carboxylic acid groups (broad SMARTS) is 1. The highest BCUT2D eigenvalue weighted by molar-refractivity contribution is 7.89. The van der Waals surface area contributed by atoms with Gasteiger partial charge in [-0.15, -0.1) is 0 Å². The molecular weight excluding hydrogens is 356 g/mol. The number of carbonyl (C=O) groups excluding carboxylic acids is 1. The number of unbranched alkanes of at least 4 members (excludes halogenated alkanes) is 2. The van der Waals surface area contributed by atoms with Crippen LogP contribution in [0.4, 0.5) is 0 Å². The first-order valence-corrected chi connectivity index (χ1v) is 10.3. The Morgan fingerprint density at radius 3 is 2.35 bits per heavy atom. The van der Waals surface area contributed by atoms with Crippen molar-refractivity contribution in [3.05, 3.63) is 29.8 Å². The third kappa shape index (κ3) is 6.10. The molecule has 0 unspecified atom stereocenters. The summed E-state index contributed by atoms with van der Waals surface area (Å²) in [5.74, 6) is -1.63. The zero-order valence-electron chi connectivity index (χ0n) is 15.6. The highest BCUT2D eigenvalue weighted by Gasteiger charge is 2.29. The molecule has 146 valence electrons. The quantitative estimate of drug-likeness (QED) is 0.610. The molecule has 0 fully saturated rings. The molecule has 2 N–H and O–H groups in total. The molecule has 0 aromatic heterocycles. The molecule has 0 aliphatic carbocycles. The largest absolute Gasteiger partial charge is 0.480 e. The molecule has 1 aromatic carbocycles. The monoisotopic (exact) mass is 384 g/mol. The highest BCUT2D eigenvalue weighted by atomic mass is 32.2. The minimum absolute atomic E-state index is 0.0400. The van der Waals surface area contributed by atoms with Crippen LogP contribution in [0.5, 0.6) is 0 Å². The topological polar surface area (TPSA) is 104 Å². The molecule has 1 amide bonds. The maximum atomic E-state index is 12.7. The van der Waals surface area contributed by atoms with Crippen LogP contribution in [-0.2, 0) is 14.8 Å². The van der Waals surface area contributed by atoms with Crippen molar-refractivity contribution in [2.75, 3.05) is 13.6 Å². The van der Waals surface area contributed by atoms with E-state index in [-0.39, 0.29) is 16.9 Å². The van der Waals surface area contributed by atoms with E-state index in [1.165, 1.54) is 23.1 Å². The molecular formula is C18H28N2O5S. The number of carbonyl (C=O) groups is 2. The SMILES string of the molecule is CCCC[C@H](NS(=O)(=O)c1ccccc1C(=O)N(C)CCCC)C(=O)O. The van der Waals surface area contributed by atoms with Gasteiger partial charge in [0.15, 0.2) is 0 Å². The van der Waals surface area contributed by atoms with Crippen molar-refractivity contribution in [3.63, 3.8) is 0 Å². The zero-order valence-corrected chi connectivity index (χ0v) is 16.4. The van der Waals surface area contributed by atoms with E-state index in [1.807, 2.05) is 13.8 Å². The highest BCUT2D eigenvalue weighted by Crippen LogP contribution is 2.18. The van der Waals surface area contributed by atoms with Gasteiger partial charge >= 0.3 is 5.97 Å². The lowest BCUT2D eigenvalue weighted by atomic mass is 10.1. The van der Waals surface area contributed by atoms with Crippen LogP contribution in [0.25, 0.3) is 0 Å². The second-order valence-corrected chi connectivity index (χ2v) is 7.91. The predicted octanol–water partition coefficient (Wildman–Crippen LogP) is 2.48. The number of hydrogen-bond donors (Lipinski definition) is 2. The summed E-state index contributed by atoms with van der Waals surface area (Å²) >= 11 is 0. The molecule has 0 radical (unpaired) electrons. The molecule has 8 heteroatoms. The number of nitrogens with zero attached hydrogens (tertiary/aromatic N) is 1. The van der Waals surface area contributed by atoms with Crippen molar-refractivity contribution in [2.24, 2.45) is 0 Å². The van der Waals surface area contributed by atoms with Gasteiger partial charge in [0.25, 0.3) is 5.91 Å². The molecule has 0 saturated carbocycles. The Morgan fingerprint density at radius 1 is 1.15 bits per heavy atom. The fourth-order valence-electron chi connectivity index (χ4n) is 2.47. The van der Waals surface area contributed by atoms with Gasteiger partial charge in [-0.3, -0.25) is 9.59 Å². The van der Waals surface area contributed by atoms with Crippen molar-refractivity contribution < 1.29 is 23.1 Å². The van der Waals surface area contributed by atoms with Gasteiger partial charge in [0.2, 0.25) is 10.0 Å². The van der Waals surface area contributed by atoms with Crippen LogP contribution in [0, 0.1) is 0 Å². The number of benzene rings is 1. The van der Waals surface area contributed by atoms with Gasteiger partial charge in [0, 0.05) is 13.6 Å². The molecule has 7 nitrogen and oxygen atoms in total. The van der Waals surface area contributed by atoms with Gasteiger partial charge in [-0.2, -0.15) is 4.72 Å². The van der Waals surface area contributed by atoms with E-state index in [2.05, 4.69) is 4.72 Å². The lowest BCUT2D eigenvalue weighted by Crippen LogP contribution is -2.41. The molecule has 0 saturated heterocycles. The predicted molar refractivity (Wildman–Crippen MR) is 99.6 cm³/mol. The van der Waals surface area contributed by atoms with Gasteiger partial charge < -0.3 is 10.0 Å². The Kier molecular flexibility index (Phi) is 8.74. The first kappa shape index (κ1) is 22.1. The maximum absolute atomic E-state index is 12.7. The Morgan fingerprint density at radius 2 is 1.77 bits per heavy atom. The Bertz CT molecular complexity index is 718. The minimum Gasteiger partial charge on any atom is -0.480 e. The van der Waals surface area contributed by atoms with Crippen molar-refractivity contribution in [2.45, 2.75) is 56.9 Å². The molecule has 1 rings (SSSR count). The second-order valence-electron chi connectivity index (χ2n) is 6.23. The molecule has 0 aliphatic rings. The lowest BCUT2D eigenvalue weighted by Gasteiger charge is -2.20.